The number of carboxylic acids is 1. The molecule has 0 saturated heterocycles. The highest BCUT2D eigenvalue weighted by Gasteiger charge is 2.03. The van der Waals surface area contributed by atoms with Crippen molar-refractivity contribution in [3.63, 3.8) is 0 Å². The first-order valence-corrected chi connectivity index (χ1v) is 5.08. The van der Waals surface area contributed by atoms with Gasteiger partial charge in [0.1, 0.15) is 0 Å². The molecule has 0 aliphatic rings. The number of carboxylic acid groups (broad SMARTS) is 1. The number of aliphatic carboxylic acids is 1. The maximum atomic E-state index is 10.5. The molecule has 0 heterocycles. The molecule has 0 bridgehead atoms. The number of terminal acetylenes is 1. The molecule has 1 aromatic carbocycles. The molecule has 0 radical (unpaired) electrons. The summed E-state index contributed by atoms with van der Waals surface area (Å²) in [5.74, 6) is 1.82. The van der Waals surface area contributed by atoms with Crippen molar-refractivity contribution in [1.82, 2.24) is 0 Å². The fourth-order valence-corrected chi connectivity index (χ4v) is 1.52. The Morgan fingerprint density at radius 3 is 2.88 bits per heavy atom. The van der Waals surface area contributed by atoms with E-state index in [0.717, 1.165) is 16.7 Å². The smallest absolute Gasteiger partial charge is 0.303 e. The number of allylic oxidation sites excluding steroid dienone is 1. The first-order valence-electron chi connectivity index (χ1n) is 5.08. The number of hydrogen-bond acceptors (Lipinski definition) is 1. The van der Waals surface area contributed by atoms with Crippen LogP contribution in [0, 0.1) is 12.3 Å². The second kappa shape index (κ2) is 5.77. The Bertz CT molecular complexity index is 439. The summed E-state index contributed by atoms with van der Waals surface area (Å²) in [6.45, 7) is 3.67. The van der Waals surface area contributed by atoms with Crippen LogP contribution in [0.3, 0.4) is 0 Å². The zero-order valence-electron chi connectivity index (χ0n) is 9.07. The Kier molecular flexibility index (Phi) is 4.35. The van der Waals surface area contributed by atoms with Crippen LogP contribution in [-0.2, 0) is 17.6 Å². The van der Waals surface area contributed by atoms with Crippen molar-refractivity contribution in [2.45, 2.75) is 19.3 Å². The zero-order valence-corrected chi connectivity index (χ0v) is 9.07. The van der Waals surface area contributed by atoms with Gasteiger partial charge in [-0.15, -0.1) is 13.0 Å². The van der Waals surface area contributed by atoms with Gasteiger partial charge in [0.25, 0.3) is 0 Å². The SMILES string of the molecule is C#Cc1ccc(CCC(=O)O)cc1CC=C. The minimum absolute atomic E-state index is 0.142. The average Bonchev–Trinajstić information content (AvgIpc) is 2.27. The number of benzene rings is 1. The van der Waals surface area contributed by atoms with E-state index in [-0.39, 0.29) is 6.42 Å². The van der Waals surface area contributed by atoms with Gasteiger partial charge in [0.15, 0.2) is 0 Å². The highest BCUT2D eigenvalue weighted by molar-refractivity contribution is 5.67. The summed E-state index contributed by atoms with van der Waals surface area (Å²) in [6, 6.07) is 5.69. The summed E-state index contributed by atoms with van der Waals surface area (Å²) in [5.41, 5.74) is 2.87. The Morgan fingerprint density at radius 2 is 2.31 bits per heavy atom. The third-order valence-electron chi connectivity index (χ3n) is 2.32. The number of carbonyl (C=O) groups is 1. The van der Waals surface area contributed by atoms with Gasteiger partial charge in [0.05, 0.1) is 0 Å². The maximum absolute atomic E-state index is 10.5. The summed E-state index contributed by atoms with van der Waals surface area (Å²) >= 11 is 0. The normalized spacial score (nSPS) is 9.44. The Balaban J connectivity index is 2.89. The average molecular weight is 214 g/mol. The van der Waals surface area contributed by atoms with Crippen molar-refractivity contribution in [2.24, 2.45) is 0 Å². The third kappa shape index (κ3) is 3.29. The number of rotatable bonds is 5. The van der Waals surface area contributed by atoms with E-state index in [1.807, 2.05) is 18.2 Å². The van der Waals surface area contributed by atoms with Crippen LogP contribution in [0.15, 0.2) is 30.9 Å². The van der Waals surface area contributed by atoms with Gasteiger partial charge >= 0.3 is 5.97 Å². The first kappa shape index (κ1) is 12.1. The lowest BCUT2D eigenvalue weighted by Crippen LogP contribution is -1.99. The summed E-state index contributed by atoms with van der Waals surface area (Å²) in [4.78, 5) is 10.5. The number of hydrogen-bond donors (Lipinski definition) is 1. The van der Waals surface area contributed by atoms with Gasteiger partial charge < -0.3 is 5.11 Å². The molecule has 0 aliphatic carbocycles. The van der Waals surface area contributed by atoms with Crippen molar-refractivity contribution >= 4 is 5.97 Å². The Hall–Kier alpha value is -2.01. The predicted molar refractivity (Wildman–Crippen MR) is 64.2 cm³/mol. The lowest BCUT2D eigenvalue weighted by atomic mass is 9.99. The van der Waals surface area contributed by atoms with E-state index in [1.54, 1.807) is 6.08 Å². The molecule has 0 saturated carbocycles. The molecule has 1 N–H and O–H groups in total. The van der Waals surface area contributed by atoms with Crippen LogP contribution in [0.25, 0.3) is 0 Å². The van der Waals surface area contributed by atoms with E-state index in [1.165, 1.54) is 0 Å². The van der Waals surface area contributed by atoms with Gasteiger partial charge in [0.2, 0.25) is 0 Å². The van der Waals surface area contributed by atoms with E-state index in [9.17, 15) is 4.79 Å². The molecule has 16 heavy (non-hydrogen) atoms. The highest BCUT2D eigenvalue weighted by Crippen LogP contribution is 2.14. The molecule has 0 aromatic heterocycles. The van der Waals surface area contributed by atoms with Crippen molar-refractivity contribution in [3.05, 3.63) is 47.5 Å². The summed E-state index contributed by atoms with van der Waals surface area (Å²) < 4.78 is 0. The van der Waals surface area contributed by atoms with E-state index in [0.29, 0.717) is 12.8 Å². The van der Waals surface area contributed by atoms with Gasteiger partial charge in [0, 0.05) is 12.0 Å². The quantitative estimate of drug-likeness (QED) is 0.603. The van der Waals surface area contributed by atoms with Crippen LogP contribution in [0.2, 0.25) is 0 Å². The van der Waals surface area contributed by atoms with Gasteiger partial charge in [-0.05, 0) is 30.0 Å². The largest absolute Gasteiger partial charge is 0.481 e. The highest BCUT2D eigenvalue weighted by atomic mass is 16.4. The number of aryl methyl sites for hydroxylation is 1. The third-order valence-corrected chi connectivity index (χ3v) is 2.32. The van der Waals surface area contributed by atoms with E-state index in [2.05, 4.69) is 12.5 Å². The van der Waals surface area contributed by atoms with Crippen LogP contribution in [-0.4, -0.2) is 11.1 Å². The molecule has 1 aromatic rings. The molecule has 0 amide bonds. The van der Waals surface area contributed by atoms with Crippen molar-refractivity contribution in [2.75, 3.05) is 0 Å². The van der Waals surface area contributed by atoms with Gasteiger partial charge in [-0.3, -0.25) is 4.79 Å². The van der Waals surface area contributed by atoms with Crippen molar-refractivity contribution in [3.8, 4) is 12.3 Å². The van der Waals surface area contributed by atoms with Crippen LogP contribution in [0.5, 0.6) is 0 Å². The van der Waals surface area contributed by atoms with Crippen LogP contribution < -0.4 is 0 Å². The Morgan fingerprint density at radius 1 is 1.56 bits per heavy atom. The molecule has 0 unspecified atom stereocenters. The molecule has 1 rings (SSSR count). The van der Waals surface area contributed by atoms with Crippen LogP contribution >= 0.6 is 0 Å². The van der Waals surface area contributed by atoms with Gasteiger partial charge in [-0.25, -0.2) is 0 Å². The Labute approximate surface area is 95.6 Å². The lowest BCUT2D eigenvalue weighted by molar-refractivity contribution is -0.136. The minimum Gasteiger partial charge on any atom is -0.481 e. The van der Waals surface area contributed by atoms with E-state index < -0.39 is 5.97 Å². The zero-order chi connectivity index (χ0) is 12.0. The molecule has 0 atom stereocenters. The van der Waals surface area contributed by atoms with Crippen molar-refractivity contribution < 1.29 is 9.90 Å². The second-order valence-corrected chi connectivity index (χ2v) is 3.52. The minimum atomic E-state index is -0.786. The summed E-state index contributed by atoms with van der Waals surface area (Å²) in [5, 5.41) is 8.60. The second-order valence-electron chi connectivity index (χ2n) is 3.52. The standard InChI is InChI=1S/C14H14O2/c1-3-5-13-10-11(7-9-14(15)16)6-8-12(13)4-2/h2-3,6,8,10H,1,5,7,9H2,(H,15,16). The first-order chi connectivity index (χ1) is 7.67. The molecular formula is C14H14O2. The maximum Gasteiger partial charge on any atom is 0.303 e. The van der Waals surface area contributed by atoms with E-state index >= 15 is 0 Å². The lowest BCUT2D eigenvalue weighted by Gasteiger charge is -2.05. The monoisotopic (exact) mass is 214 g/mol. The molecule has 0 fully saturated rings. The van der Waals surface area contributed by atoms with E-state index in [4.69, 9.17) is 11.5 Å². The van der Waals surface area contributed by atoms with Gasteiger partial charge in [-0.2, -0.15) is 0 Å². The molecule has 0 spiro atoms. The topological polar surface area (TPSA) is 37.3 Å². The summed E-state index contributed by atoms with van der Waals surface area (Å²) in [7, 11) is 0. The van der Waals surface area contributed by atoms with Gasteiger partial charge in [-0.1, -0.05) is 24.1 Å². The molecule has 2 nitrogen and oxygen atoms in total. The molecule has 2 heteroatoms. The van der Waals surface area contributed by atoms with Crippen LogP contribution in [0.1, 0.15) is 23.1 Å². The predicted octanol–water partition coefficient (Wildman–Crippen LogP) is 2.41. The fraction of sp³-hybridized carbons (Fsp3) is 0.214. The molecule has 0 aliphatic heterocycles. The van der Waals surface area contributed by atoms with Crippen molar-refractivity contribution in [1.29, 1.82) is 0 Å². The molecule has 82 valence electrons. The molecular weight excluding hydrogens is 200 g/mol. The fourth-order valence-electron chi connectivity index (χ4n) is 1.52. The van der Waals surface area contributed by atoms with Crippen LogP contribution in [0.4, 0.5) is 0 Å². The summed E-state index contributed by atoms with van der Waals surface area (Å²) in [6.07, 6.45) is 8.55.